The van der Waals surface area contributed by atoms with E-state index in [2.05, 4.69) is 4.98 Å². The van der Waals surface area contributed by atoms with Crippen LogP contribution in [0.3, 0.4) is 0 Å². The van der Waals surface area contributed by atoms with Gasteiger partial charge in [0.05, 0.1) is 6.42 Å². The van der Waals surface area contributed by atoms with Crippen molar-refractivity contribution in [3.63, 3.8) is 0 Å². The molecule has 0 radical (unpaired) electrons. The molecule has 22 heavy (non-hydrogen) atoms. The Kier molecular flexibility index (Phi) is 4.95. The number of ether oxygens (including phenoxy) is 1. The molecule has 3 rings (SSSR count). The number of piperidine rings is 1. The summed E-state index contributed by atoms with van der Waals surface area (Å²) in [6.07, 6.45) is 5.51. The second kappa shape index (κ2) is 7.11. The predicted molar refractivity (Wildman–Crippen MR) is 87.5 cm³/mol. The van der Waals surface area contributed by atoms with Crippen LogP contribution in [0.4, 0.5) is 0 Å². The highest BCUT2D eigenvalue weighted by atomic mass is 35.5. The summed E-state index contributed by atoms with van der Waals surface area (Å²) in [6, 6.07) is 5.76. The first kappa shape index (κ1) is 15.3. The zero-order valence-corrected chi connectivity index (χ0v) is 13.6. The van der Waals surface area contributed by atoms with Crippen LogP contribution < -0.4 is 4.74 Å². The molecule has 0 N–H and O–H groups in total. The van der Waals surface area contributed by atoms with Crippen LogP contribution in [0.25, 0.3) is 0 Å². The van der Waals surface area contributed by atoms with Crippen LogP contribution in [0.2, 0.25) is 5.02 Å². The molecule has 0 saturated carbocycles. The van der Waals surface area contributed by atoms with E-state index in [0.29, 0.717) is 17.2 Å². The van der Waals surface area contributed by atoms with Crippen molar-refractivity contribution >= 4 is 28.8 Å². The van der Waals surface area contributed by atoms with Gasteiger partial charge in [0.2, 0.25) is 5.91 Å². The lowest BCUT2D eigenvalue weighted by Crippen LogP contribution is -2.42. The SMILES string of the molecule is O=C(Cc1cccs1)N1CCC(Oc2ccncc2Cl)CC1. The molecule has 1 fully saturated rings. The van der Waals surface area contributed by atoms with Crippen LogP contribution in [0.5, 0.6) is 5.75 Å². The molecule has 0 spiro atoms. The van der Waals surface area contributed by atoms with E-state index in [1.165, 1.54) is 0 Å². The normalized spacial score (nSPS) is 15.8. The maximum absolute atomic E-state index is 12.2. The van der Waals surface area contributed by atoms with Crippen molar-refractivity contribution in [2.75, 3.05) is 13.1 Å². The molecule has 1 saturated heterocycles. The molecule has 0 bridgehead atoms. The second-order valence-corrected chi connectivity index (χ2v) is 6.70. The lowest BCUT2D eigenvalue weighted by molar-refractivity contribution is -0.132. The van der Waals surface area contributed by atoms with Gasteiger partial charge in [-0.05, 0) is 11.4 Å². The third kappa shape index (κ3) is 3.78. The molecule has 1 amide bonds. The third-order valence-electron chi connectivity index (χ3n) is 3.73. The molecule has 1 aliphatic rings. The topological polar surface area (TPSA) is 42.4 Å². The highest BCUT2D eigenvalue weighted by Gasteiger charge is 2.24. The van der Waals surface area contributed by atoms with Crippen LogP contribution in [-0.4, -0.2) is 35.0 Å². The fourth-order valence-electron chi connectivity index (χ4n) is 2.53. The van der Waals surface area contributed by atoms with E-state index in [-0.39, 0.29) is 12.0 Å². The van der Waals surface area contributed by atoms with E-state index in [1.54, 1.807) is 29.8 Å². The maximum Gasteiger partial charge on any atom is 0.227 e. The molecule has 116 valence electrons. The second-order valence-electron chi connectivity index (χ2n) is 5.26. The van der Waals surface area contributed by atoms with E-state index in [4.69, 9.17) is 16.3 Å². The molecule has 2 aromatic heterocycles. The molecule has 4 nitrogen and oxygen atoms in total. The van der Waals surface area contributed by atoms with Gasteiger partial charge in [0.1, 0.15) is 16.9 Å². The lowest BCUT2D eigenvalue weighted by atomic mass is 10.1. The van der Waals surface area contributed by atoms with Crippen LogP contribution in [0.1, 0.15) is 17.7 Å². The molecule has 0 aromatic carbocycles. The van der Waals surface area contributed by atoms with Gasteiger partial charge in [0, 0.05) is 49.3 Å². The number of hydrogen-bond acceptors (Lipinski definition) is 4. The summed E-state index contributed by atoms with van der Waals surface area (Å²) in [7, 11) is 0. The van der Waals surface area contributed by atoms with Gasteiger partial charge in [0.15, 0.2) is 0 Å². The van der Waals surface area contributed by atoms with Crippen molar-refractivity contribution in [2.24, 2.45) is 0 Å². The number of rotatable bonds is 4. The van der Waals surface area contributed by atoms with Crippen molar-refractivity contribution in [1.29, 1.82) is 0 Å². The van der Waals surface area contributed by atoms with Gasteiger partial charge < -0.3 is 9.64 Å². The fourth-order valence-corrected chi connectivity index (χ4v) is 3.39. The number of amides is 1. The Labute approximate surface area is 138 Å². The zero-order valence-electron chi connectivity index (χ0n) is 12.1. The number of halogens is 1. The molecule has 6 heteroatoms. The largest absolute Gasteiger partial charge is 0.489 e. The fraction of sp³-hybridized carbons (Fsp3) is 0.375. The Morgan fingerprint density at radius 1 is 1.41 bits per heavy atom. The highest BCUT2D eigenvalue weighted by molar-refractivity contribution is 7.10. The summed E-state index contributed by atoms with van der Waals surface area (Å²) in [4.78, 5) is 19.2. The first-order valence-corrected chi connectivity index (χ1v) is 8.54. The van der Waals surface area contributed by atoms with E-state index in [0.717, 1.165) is 30.8 Å². The van der Waals surface area contributed by atoms with Gasteiger partial charge in [-0.2, -0.15) is 0 Å². The van der Waals surface area contributed by atoms with Crippen LogP contribution in [0.15, 0.2) is 36.0 Å². The van der Waals surface area contributed by atoms with Crippen molar-refractivity contribution < 1.29 is 9.53 Å². The summed E-state index contributed by atoms with van der Waals surface area (Å²) in [6.45, 7) is 1.47. The standard InChI is InChI=1S/C16H17ClN2O2S/c17-14-11-18-6-3-15(14)21-12-4-7-19(8-5-12)16(20)10-13-2-1-9-22-13/h1-3,6,9,11-12H,4-5,7-8,10H2. The molecular weight excluding hydrogens is 320 g/mol. The number of pyridine rings is 1. The Hall–Kier alpha value is -1.59. The lowest BCUT2D eigenvalue weighted by Gasteiger charge is -2.32. The summed E-state index contributed by atoms with van der Waals surface area (Å²) >= 11 is 7.68. The van der Waals surface area contributed by atoms with Crippen LogP contribution >= 0.6 is 22.9 Å². The number of hydrogen-bond donors (Lipinski definition) is 0. The average Bonchev–Trinajstić information content (AvgIpc) is 3.03. The number of carbonyl (C=O) groups is 1. The average molecular weight is 337 g/mol. The number of likely N-dealkylation sites (tertiary alicyclic amines) is 1. The summed E-state index contributed by atoms with van der Waals surface area (Å²) in [5, 5.41) is 2.53. The summed E-state index contributed by atoms with van der Waals surface area (Å²) in [5.41, 5.74) is 0. The number of nitrogens with zero attached hydrogens (tertiary/aromatic N) is 2. The highest BCUT2D eigenvalue weighted by Crippen LogP contribution is 2.26. The van der Waals surface area contributed by atoms with E-state index in [1.807, 2.05) is 22.4 Å². The monoisotopic (exact) mass is 336 g/mol. The molecule has 0 aliphatic carbocycles. The third-order valence-corrected chi connectivity index (χ3v) is 4.89. The molecule has 0 unspecified atom stereocenters. The van der Waals surface area contributed by atoms with E-state index >= 15 is 0 Å². The van der Waals surface area contributed by atoms with Crippen molar-refractivity contribution in [2.45, 2.75) is 25.4 Å². The molecule has 3 heterocycles. The minimum absolute atomic E-state index is 0.102. The molecular formula is C16H17ClN2O2S. The van der Waals surface area contributed by atoms with E-state index in [9.17, 15) is 4.79 Å². The smallest absolute Gasteiger partial charge is 0.227 e. The zero-order chi connectivity index (χ0) is 15.4. The summed E-state index contributed by atoms with van der Waals surface area (Å²) in [5.74, 6) is 0.864. The van der Waals surface area contributed by atoms with Gasteiger partial charge >= 0.3 is 0 Å². The van der Waals surface area contributed by atoms with Gasteiger partial charge in [-0.3, -0.25) is 9.78 Å². The maximum atomic E-state index is 12.2. The first-order chi connectivity index (χ1) is 10.7. The Balaban J connectivity index is 1.50. The van der Waals surface area contributed by atoms with Gasteiger partial charge in [-0.15, -0.1) is 11.3 Å². The minimum Gasteiger partial charge on any atom is -0.489 e. The van der Waals surface area contributed by atoms with Crippen molar-refractivity contribution in [3.8, 4) is 5.75 Å². The minimum atomic E-state index is 0.102. The summed E-state index contributed by atoms with van der Waals surface area (Å²) < 4.78 is 5.91. The Bertz CT molecular complexity index is 625. The Morgan fingerprint density at radius 3 is 2.91 bits per heavy atom. The quantitative estimate of drug-likeness (QED) is 0.859. The van der Waals surface area contributed by atoms with Gasteiger partial charge in [-0.25, -0.2) is 0 Å². The predicted octanol–water partition coefficient (Wildman–Crippen LogP) is 3.41. The molecule has 1 aliphatic heterocycles. The van der Waals surface area contributed by atoms with E-state index < -0.39 is 0 Å². The van der Waals surface area contributed by atoms with Crippen LogP contribution in [0, 0.1) is 0 Å². The Morgan fingerprint density at radius 2 is 2.23 bits per heavy atom. The number of thiophene rings is 1. The van der Waals surface area contributed by atoms with Gasteiger partial charge in [0.25, 0.3) is 0 Å². The number of aromatic nitrogens is 1. The van der Waals surface area contributed by atoms with Crippen molar-refractivity contribution in [1.82, 2.24) is 9.88 Å². The van der Waals surface area contributed by atoms with Crippen LogP contribution in [-0.2, 0) is 11.2 Å². The van der Waals surface area contributed by atoms with Crippen molar-refractivity contribution in [3.05, 3.63) is 45.9 Å². The number of carbonyl (C=O) groups excluding carboxylic acids is 1. The molecule has 2 aromatic rings. The first-order valence-electron chi connectivity index (χ1n) is 7.28. The van der Waals surface area contributed by atoms with Gasteiger partial charge in [-0.1, -0.05) is 17.7 Å². The molecule has 0 atom stereocenters.